The number of carbonyl (C=O) groups is 1. The van der Waals surface area contributed by atoms with Crippen molar-refractivity contribution in [2.75, 3.05) is 25.0 Å². The van der Waals surface area contributed by atoms with Crippen LogP contribution in [0.15, 0.2) is 18.3 Å². The average molecular weight is 273 g/mol. The molecule has 0 radical (unpaired) electrons. The van der Waals surface area contributed by atoms with E-state index < -0.39 is 0 Å². The van der Waals surface area contributed by atoms with Gasteiger partial charge in [0.05, 0.1) is 6.54 Å². The fourth-order valence-corrected chi connectivity index (χ4v) is 2.47. The number of fused-ring (bicyclic) bond motifs is 1. The molecule has 1 saturated heterocycles. The predicted octanol–water partition coefficient (Wildman–Crippen LogP) is 1.46. The van der Waals surface area contributed by atoms with E-state index in [9.17, 15) is 4.79 Å². The van der Waals surface area contributed by atoms with E-state index in [1.807, 2.05) is 30.2 Å². The van der Waals surface area contributed by atoms with Crippen LogP contribution < -0.4 is 5.32 Å². The summed E-state index contributed by atoms with van der Waals surface area (Å²) in [5.41, 5.74) is 1.93. The molecule has 0 spiro atoms. The lowest BCUT2D eigenvalue weighted by atomic mass is 10.1. The van der Waals surface area contributed by atoms with Gasteiger partial charge in [-0.05, 0) is 43.9 Å². The van der Waals surface area contributed by atoms with Crippen molar-refractivity contribution in [1.82, 2.24) is 19.5 Å². The van der Waals surface area contributed by atoms with Crippen molar-refractivity contribution < 1.29 is 4.79 Å². The molecule has 1 amide bonds. The standard InChI is InChI=1S/C14H19N5O/c1-11-5-8-19-12(9-11)16-14(17-19)15-10-13(20)18-6-3-2-4-7-18/h5,8-9H,2-4,6-7,10H2,1H3,(H,15,17). The lowest BCUT2D eigenvalue weighted by molar-refractivity contribution is -0.130. The lowest BCUT2D eigenvalue weighted by Gasteiger charge is -2.26. The van der Waals surface area contributed by atoms with Crippen molar-refractivity contribution in [1.29, 1.82) is 0 Å². The quantitative estimate of drug-likeness (QED) is 0.919. The molecule has 106 valence electrons. The van der Waals surface area contributed by atoms with Crippen LogP contribution in [0.1, 0.15) is 24.8 Å². The first-order chi connectivity index (χ1) is 9.72. The van der Waals surface area contributed by atoms with Gasteiger partial charge in [0.15, 0.2) is 5.65 Å². The molecule has 2 aromatic rings. The van der Waals surface area contributed by atoms with Crippen molar-refractivity contribution in [3.05, 3.63) is 23.9 Å². The van der Waals surface area contributed by atoms with Gasteiger partial charge in [-0.2, -0.15) is 4.98 Å². The van der Waals surface area contributed by atoms with Crippen LogP contribution in [0.3, 0.4) is 0 Å². The van der Waals surface area contributed by atoms with E-state index in [0.717, 1.165) is 37.1 Å². The van der Waals surface area contributed by atoms with Gasteiger partial charge in [-0.25, -0.2) is 4.52 Å². The average Bonchev–Trinajstić information content (AvgIpc) is 2.87. The Morgan fingerprint density at radius 2 is 2.15 bits per heavy atom. The zero-order valence-corrected chi connectivity index (χ0v) is 11.7. The molecule has 0 atom stereocenters. The number of nitrogens with zero attached hydrogens (tertiary/aromatic N) is 4. The van der Waals surface area contributed by atoms with Crippen LogP contribution in [0.2, 0.25) is 0 Å². The van der Waals surface area contributed by atoms with Crippen molar-refractivity contribution in [2.45, 2.75) is 26.2 Å². The first kappa shape index (κ1) is 12.9. The molecule has 0 bridgehead atoms. The van der Waals surface area contributed by atoms with E-state index in [-0.39, 0.29) is 12.5 Å². The second-order valence-corrected chi connectivity index (χ2v) is 5.24. The molecule has 0 saturated carbocycles. The summed E-state index contributed by atoms with van der Waals surface area (Å²) in [5, 5.41) is 7.31. The van der Waals surface area contributed by atoms with Crippen LogP contribution in [-0.2, 0) is 4.79 Å². The number of rotatable bonds is 3. The number of pyridine rings is 1. The fraction of sp³-hybridized carbons (Fsp3) is 0.500. The SMILES string of the molecule is Cc1ccn2nc(NCC(=O)N3CCCCC3)nc2c1. The Balaban J connectivity index is 1.63. The molecule has 1 aliphatic rings. The maximum absolute atomic E-state index is 12.0. The van der Waals surface area contributed by atoms with Crippen LogP contribution in [0.5, 0.6) is 0 Å². The number of hydrogen-bond donors (Lipinski definition) is 1. The van der Waals surface area contributed by atoms with E-state index in [2.05, 4.69) is 15.4 Å². The zero-order chi connectivity index (χ0) is 13.9. The summed E-state index contributed by atoms with van der Waals surface area (Å²) in [6.45, 7) is 4.02. The number of piperidine rings is 1. The van der Waals surface area contributed by atoms with Gasteiger partial charge in [-0.3, -0.25) is 4.79 Å². The fourth-order valence-electron chi connectivity index (χ4n) is 2.47. The molecule has 6 nitrogen and oxygen atoms in total. The summed E-state index contributed by atoms with van der Waals surface area (Å²) in [6, 6.07) is 3.94. The molecule has 3 heterocycles. The third kappa shape index (κ3) is 2.74. The maximum Gasteiger partial charge on any atom is 0.243 e. The van der Waals surface area contributed by atoms with Gasteiger partial charge in [0.25, 0.3) is 0 Å². The second-order valence-electron chi connectivity index (χ2n) is 5.24. The molecule has 1 N–H and O–H groups in total. The third-order valence-electron chi connectivity index (χ3n) is 3.60. The number of nitrogens with one attached hydrogen (secondary N) is 1. The van der Waals surface area contributed by atoms with E-state index >= 15 is 0 Å². The summed E-state index contributed by atoms with van der Waals surface area (Å²) in [7, 11) is 0. The van der Waals surface area contributed by atoms with Gasteiger partial charge < -0.3 is 10.2 Å². The molecule has 3 rings (SSSR count). The summed E-state index contributed by atoms with van der Waals surface area (Å²) in [4.78, 5) is 18.3. The highest BCUT2D eigenvalue weighted by Gasteiger charge is 2.16. The van der Waals surface area contributed by atoms with Crippen LogP contribution in [0, 0.1) is 6.92 Å². The summed E-state index contributed by atoms with van der Waals surface area (Å²) in [5.74, 6) is 0.626. The van der Waals surface area contributed by atoms with E-state index in [1.165, 1.54) is 6.42 Å². The number of carbonyl (C=O) groups excluding carboxylic acids is 1. The number of anilines is 1. The van der Waals surface area contributed by atoms with Gasteiger partial charge in [0.1, 0.15) is 0 Å². The monoisotopic (exact) mass is 273 g/mol. The minimum absolute atomic E-state index is 0.125. The Hall–Kier alpha value is -2.11. The molecule has 6 heteroatoms. The van der Waals surface area contributed by atoms with Gasteiger partial charge in [-0.1, -0.05) is 0 Å². The molecule has 2 aromatic heterocycles. The molecule has 1 fully saturated rings. The zero-order valence-electron chi connectivity index (χ0n) is 11.7. The normalized spacial score (nSPS) is 15.6. The topological polar surface area (TPSA) is 62.5 Å². The maximum atomic E-state index is 12.0. The van der Waals surface area contributed by atoms with Crippen LogP contribution in [-0.4, -0.2) is 45.0 Å². The van der Waals surface area contributed by atoms with Gasteiger partial charge in [-0.15, -0.1) is 5.10 Å². The minimum atomic E-state index is 0.125. The third-order valence-corrected chi connectivity index (χ3v) is 3.60. The van der Waals surface area contributed by atoms with Crippen molar-refractivity contribution in [3.8, 4) is 0 Å². The molecule has 0 aliphatic carbocycles. The molecule has 0 aromatic carbocycles. The predicted molar refractivity (Wildman–Crippen MR) is 76.6 cm³/mol. The molecule has 0 unspecified atom stereocenters. The highest BCUT2D eigenvalue weighted by molar-refractivity contribution is 5.80. The number of aryl methyl sites for hydroxylation is 1. The van der Waals surface area contributed by atoms with E-state index in [4.69, 9.17) is 0 Å². The van der Waals surface area contributed by atoms with Crippen molar-refractivity contribution in [3.63, 3.8) is 0 Å². The van der Waals surface area contributed by atoms with E-state index in [0.29, 0.717) is 5.95 Å². The Bertz CT molecular complexity index is 615. The number of amides is 1. The van der Waals surface area contributed by atoms with Crippen LogP contribution in [0.4, 0.5) is 5.95 Å². The van der Waals surface area contributed by atoms with Gasteiger partial charge in [0, 0.05) is 19.3 Å². The Labute approximate surface area is 117 Å². The second kappa shape index (κ2) is 5.48. The number of likely N-dealkylation sites (tertiary alicyclic amines) is 1. The largest absolute Gasteiger partial charge is 0.344 e. The summed E-state index contributed by atoms with van der Waals surface area (Å²) in [6.07, 6.45) is 5.31. The van der Waals surface area contributed by atoms with Crippen LogP contribution >= 0.6 is 0 Å². The van der Waals surface area contributed by atoms with Crippen molar-refractivity contribution in [2.24, 2.45) is 0 Å². The Kier molecular flexibility index (Phi) is 3.54. The van der Waals surface area contributed by atoms with Gasteiger partial charge >= 0.3 is 0 Å². The first-order valence-corrected chi connectivity index (χ1v) is 7.07. The van der Waals surface area contributed by atoms with Crippen LogP contribution in [0.25, 0.3) is 5.65 Å². The molecular weight excluding hydrogens is 254 g/mol. The smallest absolute Gasteiger partial charge is 0.243 e. The summed E-state index contributed by atoms with van der Waals surface area (Å²) >= 11 is 0. The Morgan fingerprint density at radius 1 is 1.35 bits per heavy atom. The van der Waals surface area contributed by atoms with Crippen molar-refractivity contribution >= 4 is 17.5 Å². The minimum Gasteiger partial charge on any atom is -0.344 e. The lowest BCUT2D eigenvalue weighted by Crippen LogP contribution is -2.39. The highest BCUT2D eigenvalue weighted by atomic mass is 16.2. The molecule has 20 heavy (non-hydrogen) atoms. The molecule has 1 aliphatic heterocycles. The molecular formula is C14H19N5O. The highest BCUT2D eigenvalue weighted by Crippen LogP contribution is 2.10. The first-order valence-electron chi connectivity index (χ1n) is 7.07. The summed E-state index contributed by atoms with van der Waals surface area (Å²) < 4.78 is 1.71. The number of hydrogen-bond acceptors (Lipinski definition) is 4. The Morgan fingerprint density at radius 3 is 2.95 bits per heavy atom. The van der Waals surface area contributed by atoms with Gasteiger partial charge in [0.2, 0.25) is 11.9 Å². The van der Waals surface area contributed by atoms with E-state index in [1.54, 1.807) is 4.52 Å². The number of aromatic nitrogens is 3.